The van der Waals surface area contributed by atoms with Crippen LogP contribution in [0.25, 0.3) is 21.3 Å². The molecular formula is C23H21N5O4S. The van der Waals surface area contributed by atoms with Crippen LogP contribution in [0.2, 0.25) is 0 Å². The van der Waals surface area contributed by atoms with Crippen LogP contribution >= 0.6 is 11.3 Å². The number of aromatic carboxylic acids is 1. The Morgan fingerprint density at radius 3 is 2.67 bits per heavy atom. The lowest BCUT2D eigenvalue weighted by Crippen LogP contribution is -2.36. The van der Waals surface area contributed by atoms with Crippen LogP contribution in [0.4, 0.5) is 17.5 Å². The van der Waals surface area contributed by atoms with E-state index in [4.69, 9.17) is 19.6 Å². The van der Waals surface area contributed by atoms with Crippen LogP contribution in [0, 0.1) is 0 Å². The first-order valence-electron chi connectivity index (χ1n) is 10.3. The van der Waals surface area contributed by atoms with E-state index in [1.54, 1.807) is 37.6 Å². The molecule has 9 nitrogen and oxygen atoms in total. The minimum Gasteiger partial charge on any atom is -0.479 e. The Morgan fingerprint density at radius 2 is 1.94 bits per heavy atom. The number of carboxylic acid groups (broad SMARTS) is 1. The van der Waals surface area contributed by atoms with Gasteiger partial charge in [0.05, 0.1) is 42.3 Å². The van der Waals surface area contributed by atoms with Crippen LogP contribution in [0.15, 0.2) is 48.0 Å². The van der Waals surface area contributed by atoms with Gasteiger partial charge in [0, 0.05) is 24.0 Å². The molecule has 3 aromatic heterocycles. The van der Waals surface area contributed by atoms with Gasteiger partial charge in [0.25, 0.3) is 0 Å². The fraction of sp³-hybridized carbons (Fsp3) is 0.217. The average Bonchev–Trinajstić information content (AvgIpc) is 3.28. The second-order valence-corrected chi connectivity index (χ2v) is 8.30. The number of hydrogen-bond donors (Lipinski definition) is 2. The van der Waals surface area contributed by atoms with Crippen molar-refractivity contribution in [1.82, 2.24) is 15.0 Å². The van der Waals surface area contributed by atoms with E-state index in [1.165, 1.54) is 11.3 Å². The van der Waals surface area contributed by atoms with Crippen molar-refractivity contribution >= 4 is 45.0 Å². The quantitative estimate of drug-likeness (QED) is 0.438. The molecule has 0 amide bonds. The van der Waals surface area contributed by atoms with Gasteiger partial charge >= 0.3 is 5.97 Å². The second-order valence-electron chi connectivity index (χ2n) is 7.39. The highest BCUT2D eigenvalue weighted by atomic mass is 32.1. The van der Waals surface area contributed by atoms with E-state index < -0.39 is 5.97 Å². The third kappa shape index (κ3) is 4.30. The van der Waals surface area contributed by atoms with Crippen LogP contribution < -0.4 is 15.0 Å². The summed E-state index contributed by atoms with van der Waals surface area (Å²) in [6.45, 7) is 2.94. The normalized spacial score (nSPS) is 13.8. The highest BCUT2D eigenvalue weighted by Crippen LogP contribution is 2.34. The number of aromatic nitrogens is 3. The smallest absolute Gasteiger partial charge is 0.335 e. The number of thiophene rings is 1. The molecule has 33 heavy (non-hydrogen) atoms. The maximum atomic E-state index is 11.1. The fourth-order valence-electron chi connectivity index (χ4n) is 3.66. The molecular weight excluding hydrogens is 442 g/mol. The summed E-state index contributed by atoms with van der Waals surface area (Å²) in [7, 11) is 1.58. The number of carboxylic acids is 1. The Kier molecular flexibility index (Phi) is 5.76. The predicted molar refractivity (Wildman–Crippen MR) is 127 cm³/mol. The number of morpholine rings is 1. The second kappa shape index (κ2) is 9.00. The molecule has 1 aliphatic heterocycles. The van der Waals surface area contributed by atoms with Gasteiger partial charge in [-0.2, -0.15) is 4.98 Å². The standard InChI is InChI=1S/C23H21N5O4S/c1-31-21-17(6-7-19(26-21)28-8-10-32-11-9-28)25-23-24-12-18-20(27-23)16(13-33-18)14-2-4-15(5-3-14)22(29)30/h2-7,12-13H,8-11H2,1H3,(H,29,30)(H,24,25,27). The highest BCUT2D eigenvalue weighted by Gasteiger charge is 2.16. The molecule has 1 aliphatic rings. The first kappa shape index (κ1) is 21.1. The van der Waals surface area contributed by atoms with Crippen LogP contribution in [0.3, 0.4) is 0 Å². The average molecular weight is 464 g/mol. The zero-order valence-electron chi connectivity index (χ0n) is 17.8. The summed E-state index contributed by atoms with van der Waals surface area (Å²) in [6, 6.07) is 10.6. The zero-order chi connectivity index (χ0) is 22.8. The fourth-order valence-corrected chi connectivity index (χ4v) is 4.53. The van der Waals surface area contributed by atoms with Gasteiger partial charge in [-0.3, -0.25) is 0 Å². The SMILES string of the molecule is COc1nc(N2CCOCC2)ccc1Nc1ncc2scc(-c3ccc(C(=O)O)cc3)c2n1. The van der Waals surface area contributed by atoms with E-state index in [0.717, 1.165) is 40.3 Å². The number of carbonyl (C=O) groups is 1. The van der Waals surface area contributed by atoms with Gasteiger partial charge < -0.3 is 24.8 Å². The lowest BCUT2D eigenvalue weighted by atomic mass is 10.1. The van der Waals surface area contributed by atoms with Crippen molar-refractivity contribution in [3.05, 3.63) is 53.5 Å². The number of fused-ring (bicyclic) bond motifs is 1. The molecule has 168 valence electrons. The van der Waals surface area contributed by atoms with Crippen molar-refractivity contribution in [2.75, 3.05) is 43.6 Å². The molecule has 0 aliphatic carbocycles. The highest BCUT2D eigenvalue weighted by molar-refractivity contribution is 7.17. The molecule has 5 rings (SSSR count). The van der Waals surface area contributed by atoms with Gasteiger partial charge in [0.1, 0.15) is 11.5 Å². The summed E-state index contributed by atoms with van der Waals surface area (Å²) in [6.07, 6.45) is 1.77. The van der Waals surface area contributed by atoms with Gasteiger partial charge in [0.15, 0.2) is 0 Å². The van der Waals surface area contributed by atoms with Crippen molar-refractivity contribution in [2.24, 2.45) is 0 Å². The Labute approximate surface area is 193 Å². The summed E-state index contributed by atoms with van der Waals surface area (Å²) in [5.74, 6) is 0.760. The van der Waals surface area contributed by atoms with Crippen molar-refractivity contribution in [2.45, 2.75) is 0 Å². The molecule has 10 heteroatoms. The molecule has 0 atom stereocenters. The van der Waals surface area contributed by atoms with Crippen molar-refractivity contribution in [3.63, 3.8) is 0 Å². The Bertz CT molecular complexity index is 1300. The zero-order valence-corrected chi connectivity index (χ0v) is 18.6. The molecule has 0 saturated carbocycles. The number of benzene rings is 1. The number of ether oxygens (including phenoxy) is 2. The number of nitrogens with one attached hydrogen (secondary N) is 1. The molecule has 4 aromatic rings. The van der Waals surface area contributed by atoms with Crippen molar-refractivity contribution in [1.29, 1.82) is 0 Å². The lowest BCUT2D eigenvalue weighted by molar-refractivity contribution is 0.0697. The molecule has 0 radical (unpaired) electrons. The molecule has 0 bridgehead atoms. The van der Waals surface area contributed by atoms with E-state index in [0.29, 0.717) is 30.7 Å². The molecule has 4 heterocycles. The molecule has 0 unspecified atom stereocenters. The minimum atomic E-state index is -0.951. The number of nitrogens with zero attached hydrogens (tertiary/aromatic N) is 4. The summed E-state index contributed by atoms with van der Waals surface area (Å²) in [4.78, 5) is 27.1. The third-order valence-corrected chi connectivity index (χ3v) is 6.28. The summed E-state index contributed by atoms with van der Waals surface area (Å²) < 4.78 is 11.9. The predicted octanol–water partition coefficient (Wildman–Crippen LogP) is 4.04. The monoisotopic (exact) mass is 463 g/mol. The molecule has 1 fully saturated rings. The molecule has 0 spiro atoms. The van der Waals surface area contributed by atoms with Crippen LogP contribution in [-0.4, -0.2) is 59.4 Å². The van der Waals surface area contributed by atoms with Crippen LogP contribution in [0.1, 0.15) is 10.4 Å². The number of pyridine rings is 1. The van der Waals surface area contributed by atoms with Gasteiger partial charge in [-0.15, -0.1) is 11.3 Å². The first-order chi connectivity index (χ1) is 16.1. The summed E-state index contributed by atoms with van der Waals surface area (Å²) in [5.41, 5.74) is 3.51. The lowest BCUT2D eigenvalue weighted by Gasteiger charge is -2.28. The molecule has 2 N–H and O–H groups in total. The van der Waals surface area contributed by atoms with Gasteiger partial charge in [0.2, 0.25) is 11.8 Å². The third-order valence-electron chi connectivity index (χ3n) is 5.38. The van der Waals surface area contributed by atoms with E-state index in [2.05, 4.69) is 20.2 Å². The van der Waals surface area contributed by atoms with Crippen molar-refractivity contribution in [3.8, 4) is 17.0 Å². The van der Waals surface area contributed by atoms with Gasteiger partial charge in [-0.05, 0) is 29.8 Å². The number of methoxy groups -OCH3 is 1. The van der Waals surface area contributed by atoms with Crippen LogP contribution in [-0.2, 0) is 4.74 Å². The maximum absolute atomic E-state index is 11.1. The largest absolute Gasteiger partial charge is 0.479 e. The maximum Gasteiger partial charge on any atom is 0.335 e. The van der Waals surface area contributed by atoms with E-state index in [1.807, 2.05) is 17.5 Å². The number of rotatable bonds is 6. The van der Waals surface area contributed by atoms with Crippen LogP contribution in [0.5, 0.6) is 5.88 Å². The van der Waals surface area contributed by atoms with E-state index in [9.17, 15) is 4.79 Å². The van der Waals surface area contributed by atoms with Gasteiger partial charge in [-0.25, -0.2) is 14.8 Å². The first-order valence-corrected chi connectivity index (χ1v) is 11.2. The topological polar surface area (TPSA) is 110 Å². The Hall–Kier alpha value is -3.76. The number of hydrogen-bond acceptors (Lipinski definition) is 9. The van der Waals surface area contributed by atoms with Gasteiger partial charge in [-0.1, -0.05) is 12.1 Å². The Morgan fingerprint density at radius 1 is 1.15 bits per heavy atom. The molecule has 1 aromatic carbocycles. The van der Waals surface area contributed by atoms with Crippen molar-refractivity contribution < 1.29 is 19.4 Å². The summed E-state index contributed by atoms with van der Waals surface area (Å²) in [5, 5.41) is 14.3. The minimum absolute atomic E-state index is 0.246. The van der Waals surface area contributed by atoms with E-state index >= 15 is 0 Å². The Balaban J connectivity index is 1.43. The molecule has 1 saturated heterocycles. The van der Waals surface area contributed by atoms with E-state index in [-0.39, 0.29) is 5.56 Å². The number of anilines is 3. The summed E-state index contributed by atoms with van der Waals surface area (Å²) >= 11 is 1.54.